The lowest BCUT2D eigenvalue weighted by atomic mass is 10.1. The molecule has 0 aliphatic carbocycles. The molecule has 7 nitrogen and oxygen atoms in total. The van der Waals surface area contributed by atoms with Crippen molar-refractivity contribution in [1.82, 2.24) is 0 Å². The van der Waals surface area contributed by atoms with Gasteiger partial charge in [-0.1, -0.05) is 40.5 Å². The van der Waals surface area contributed by atoms with E-state index in [1.54, 1.807) is 0 Å². The smallest absolute Gasteiger partial charge is 0.339 e. The third-order valence-corrected chi connectivity index (χ3v) is 5.66. The van der Waals surface area contributed by atoms with Crippen LogP contribution in [-0.4, -0.2) is 38.1 Å². The first-order chi connectivity index (χ1) is 13.1. The Kier molecular flexibility index (Phi) is 9.61. The van der Waals surface area contributed by atoms with E-state index in [4.69, 9.17) is 9.47 Å². The van der Waals surface area contributed by atoms with Crippen molar-refractivity contribution < 1.29 is 32.0 Å². The van der Waals surface area contributed by atoms with Gasteiger partial charge in [0.25, 0.3) is 10.1 Å². The summed E-state index contributed by atoms with van der Waals surface area (Å²) in [5.41, 5.74) is -0.335. The highest BCUT2D eigenvalue weighted by Crippen LogP contribution is 2.19. The van der Waals surface area contributed by atoms with Gasteiger partial charge >= 0.3 is 11.9 Å². The number of carbonyl (C=O) groups is 2. The lowest BCUT2D eigenvalue weighted by Crippen LogP contribution is -2.17. The van der Waals surface area contributed by atoms with Gasteiger partial charge in [0.05, 0.1) is 29.2 Å². The van der Waals surface area contributed by atoms with E-state index in [1.807, 2.05) is 27.7 Å². The van der Waals surface area contributed by atoms with Crippen molar-refractivity contribution in [2.45, 2.75) is 58.3 Å². The second kappa shape index (κ2) is 11.2. The van der Waals surface area contributed by atoms with Gasteiger partial charge in [-0.25, -0.2) is 9.59 Å². The normalized spacial score (nSPS) is 13.6. The molecule has 1 N–H and O–H groups in total. The Labute approximate surface area is 167 Å². The predicted octanol–water partition coefficient (Wildman–Crippen LogP) is 4.12. The molecule has 0 aromatic heterocycles. The van der Waals surface area contributed by atoms with E-state index in [1.165, 1.54) is 0 Å². The second-order valence-corrected chi connectivity index (χ2v) is 8.48. The molecule has 1 aromatic rings. The van der Waals surface area contributed by atoms with Crippen LogP contribution in [0.15, 0.2) is 23.1 Å². The Morgan fingerprint density at radius 2 is 1.39 bits per heavy atom. The van der Waals surface area contributed by atoms with Crippen LogP contribution in [0.5, 0.6) is 0 Å². The number of hydrogen-bond acceptors (Lipinski definition) is 6. The average molecular weight is 415 g/mol. The van der Waals surface area contributed by atoms with Gasteiger partial charge in [0.1, 0.15) is 0 Å². The zero-order chi connectivity index (χ0) is 21.3. The topological polar surface area (TPSA) is 107 Å². The molecule has 8 heteroatoms. The van der Waals surface area contributed by atoms with Gasteiger partial charge < -0.3 is 9.47 Å². The van der Waals surface area contributed by atoms with Crippen LogP contribution in [0.1, 0.15) is 74.1 Å². The number of ether oxygens (including phenoxy) is 2. The van der Waals surface area contributed by atoms with Gasteiger partial charge in [-0.3, -0.25) is 4.55 Å². The molecule has 0 aliphatic rings. The molecule has 0 radical (unpaired) electrons. The third-order valence-electron chi connectivity index (χ3n) is 4.81. The van der Waals surface area contributed by atoms with Crippen LogP contribution in [0.2, 0.25) is 0 Å². The highest BCUT2D eigenvalue weighted by atomic mass is 32.2. The largest absolute Gasteiger partial charge is 0.462 e. The average Bonchev–Trinajstić information content (AvgIpc) is 2.66. The van der Waals surface area contributed by atoms with Crippen molar-refractivity contribution >= 4 is 22.1 Å². The number of benzene rings is 1. The summed E-state index contributed by atoms with van der Waals surface area (Å²) in [5.74, 6) is -0.816. The molecule has 0 spiro atoms. The molecule has 1 aromatic carbocycles. The quantitative estimate of drug-likeness (QED) is 0.429. The first-order valence-electron chi connectivity index (χ1n) is 9.55. The Bertz CT molecular complexity index is 771. The van der Waals surface area contributed by atoms with E-state index in [0.29, 0.717) is 24.7 Å². The maximum atomic E-state index is 12.4. The second-order valence-electron chi connectivity index (χ2n) is 7.06. The minimum Gasteiger partial charge on any atom is -0.462 e. The maximum Gasteiger partial charge on any atom is 0.339 e. The molecule has 2 atom stereocenters. The molecule has 0 saturated carbocycles. The van der Waals surface area contributed by atoms with E-state index >= 15 is 0 Å². The van der Waals surface area contributed by atoms with Crippen LogP contribution < -0.4 is 0 Å². The maximum absolute atomic E-state index is 12.4. The van der Waals surface area contributed by atoms with Gasteiger partial charge in [0.2, 0.25) is 0 Å². The van der Waals surface area contributed by atoms with E-state index in [2.05, 4.69) is 0 Å². The van der Waals surface area contributed by atoms with Crippen LogP contribution in [0, 0.1) is 11.8 Å². The van der Waals surface area contributed by atoms with Gasteiger partial charge in [0.15, 0.2) is 0 Å². The lowest BCUT2D eigenvalue weighted by Gasteiger charge is -2.13. The van der Waals surface area contributed by atoms with Crippen LogP contribution in [0.4, 0.5) is 0 Å². The van der Waals surface area contributed by atoms with E-state index < -0.39 is 27.0 Å². The summed E-state index contributed by atoms with van der Waals surface area (Å²) in [6.45, 7) is 8.45. The minimum absolute atomic E-state index is 0.0925. The molecule has 0 amide bonds. The summed E-state index contributed by atoms with van der Waals surface area (Å²) in [6, 6.07) is 3.14. The van der Waals surface area contributed by atoms with Crippen LogP contribution >= 0.6 is 0 Å². The number of hydrogen-bond donors (Lipinski definition) is 1. The summed E-state index contributed by atoms with van der Waals surface area (Å²) < 4.78 is 42.5. The minimum atomic E-state index is -4.53. The zero-order valence-corrected chi connectivity index (χ0v) is 17.8. The predicted molar refractivity (Wildman–Crippen MR) is 105 cm³/mol. The van der Waals surface area contributed by atoms with E-state index in [0.717, 1.165) is 31.0 Å². The Morgan fingerprint density at radius 1 is 0.929 bits per heavy atom. The van der Waals surface area contributed by atoms with Gasteiger partial charge in [0, 0.05) is 0 Å². The van der Waals surface area contributed by atoms with Gasteiger partial charge in [-0.05, 0) is 42.9 Å². The Hall–Kier alpha value is -1.93. The first kappa shape index (κ1) is 24.1. The van der Waals surface area contributed by atoms with Crippen molar-refractivity contribution in [3.05, 3.63) is 29.3 Å². The SMILES string of the molecule is CCC(C)CCOC(=O)c1ccc(S(=O)(=O)O)cc1C(=O)OCCC(C)CC. The summed E-state index contributed by atoms with van der Waals surface area (Å²) in [5, 5.41) is 0. The summed E-state index contributed by atoms with van der Waals surface area (Å²) >= 11 is 0. The standard InChI is InChI=1S/C20H30O7S/c1-5-14(3)9-11-26-19(21)17-8-7-16(28(23,24)25)13-18(17)20(22)27-12-10-15(4)6-2/h7-8,13-15H,5-6,9-12H2,1-4H3,(H,23,24,25). The fraction of sp³-hybridized carbons (Fsp3) is 0.600. The first-order valence-corrected chi connectivity index (χ1v) is 11.0. The fourth-order valence-electron chi connectivity index (χ4n) is 2.30. The van der Waals surface area contributed by atoms with Gasteiger partial charge in [-0.2, -0.15) is 8.42 Å². The molecule has 1 rings (SSSR count). The molecule has 0 heterocycles. The van der Waals surface area contributed by atoms with Crippen molar-refractivity contribution in [3.8, 4) is 0 Å². The van der Waals surface area contributed by atoms with Crippen LogP contribution in [0.25, 0.3) is 0 Å². The molecular formula is C20H30O7S. The molecular weight excluding hydrogens is 384 g/mol. The van der Waals surface area contributed by atoms with Crippen molar-refractivity contribution in [2.75, 3.05) is 13.2 Å². The monoisotopic (exact) mass is 414 g/mol. The highest BCUT2D eigenvalue weighted by molar-refractivity contribution is 7.85. The highest BCUT2D eigenvalue weighted by Gasteiger charge is 2.23. The van der Waals surface area contributed by atoms with Crippen molar-refractivity contribution in [2.24, 2.45) is 11.8 Å². The van der Waals surface area contributed by atoms with Gasteiger partial charge in [-0.15, -0.1) is 0 Å². The summed E-state index contributed by atoms with van der Waals surface area (Å²) in [7, 11) is -4.53. The third kappa shape index (κ3) is 7.59. The van der Waals surface area contributed by atoms with E-state index in [9.17, 15) is 22.6 Å². The van der Waals surface area contributed by atoms with Crippen LogP contribution in [0.3, 0.4) is 0 Å². The molecule has 158 valence electrons. The molecule has 28 heavy (non-hydrogen) atoms. The Balaban J connectivity index is 3.01. The van der Waals surface area contributed by atoms with Crippen molar-refractivity contribution in [1.29, 1.82) is 0 Å². The lowest BCUT2D eigenvalue weighted by molar-refractivity contribution is 0.0437. The fourth-order valence-corrected chi connectivity index (χ4v) is 2.81. The van der Waals surface area contributed by atoms with E-state index in [-0.39, 0.29) is 24.3 Å². The summed E-state index contributed by atoms with van der Waals surface area (Å²) in [4.78, 5) is 24.3. The molecule has 0 saturated heterocycles. The number of rotatable bonds is 11. The number of carbonyl (C=O) groups excluding carboxylic acids is 2. The molecule has 0 bridgehead atoms. The number of esters is 2. The van der Waals surface area contributed by atoms with Crippen molar-refractivity contribution in [3.63, 3.8) is 0 Å². The Morgan fingerprint density at radius 3 is 1.82 bits per heavy atom. The molecule has 0 fully saturated rings. The molecule has 2 unspecified atom stereocenters. The van der Waals surface area contributed by atoms with Crippen LogP contribution in [-0.2, 0) is 19.6 Å². The molecule has 0 aliphatic heterocycles. The zero-order valence-electron chi connectivity index (χ0n) is 16.9. The summed E-state index contributed by atoms with van der Waals surface area (Å²) in [6.07, 6.45) is 3.22.